The fourth-order valence-electron chi connectivity index (χ4n) is 14.1. The van der Waals surface area contributed by atoms with Crippen molar-refractivity contribution in [2.75, 3.05) is 52.7 Å². The topological polar surface area (TPSA) is 40.2 Å². The quantitative estimate of drug-likeness (QED) is 0.0468. The highest BCUT2D eigenvalue weighted by Crippen LogP contribution is 2.67. The molecule has 1 aliphatic heterocycles. The van der Waals surface area contributed by atoms with Crippen LogP contribution in [0.25, 0.3) is 0 Å². The van der Waals surface area contributed by atoms with Crippen molar-refractivity contribution in [3.63, 3.8) is 0 Å². The van der Waals surface area contributed by atoms with Gasteiger partial charge in [-0.25, -0.2) is 0 Å². The lowest BCUT2D eigenvalue weighted by Crippen LogP contribution is -2.51. The summed E-state index contributed by atoms with van der Waals surface area (Å²) in [5.74, 6) is 5.41. The zero-order valence-corrected chi connectivity index (χ0v) is 43.7. The lowest BCUT2D eigenvalue weighted by Gasteiger charge is -2.58. The highest BCUT2D eigenvalue weighted by Gasteiger charge is 2.59. The van der Waals surface area contributed by atoms with Crippen molar-refractivity contribution in [3.8, 4) is 0 Å². The van der Waals surface area contributed by atoms with Crippen molar-refractivity contribution in [1.29, 1.82) is 0 Å². The van der Waals surface area contributed by atoms with Crippen LogP contribution in [0, 0.1) is 46.3 Å². The Hall–Kier alpha value is -0.720. The summed E-state index contributed by atoms with van der Waals surface area (Å²) in [7, 11) is 0. The molecule has 372 valence electrons. The fraction of sp³-hybridized carbons (Fsp3) is 0.932. The van der Waals surface area contributed by atoms with Crippen LogP contribution >= 0.6 is 0 Å². The highest BCUT2D eigenvalue weighted by atomic mass is 16.5. The van der Waals surface area contributed by atoms with Gasteiger partial charge in [0, 0.05) is 45.6 Å². The average Bonchev–Trinajstić information content (AvgIpc) is 3.86. The first-order valence-electron chi connectivity index (χ1n) is 28.6. The van der Waals surface area contributed by atoms with E-state index in [-0.39, 0.29) is 6.10 Å². The highest BCUT2D eigenvalue weighted by molar-refractivity contribution is 5.25. The average molecular weight is 895 g/mol. The Kier molecular flexibility index (Phi) is 25.4. The summed E-state index contributed by atoms with van der Waals surface area (Å²) in [5.41, 5.74) is 2.73. The van der Waals surface area contributed by atoms with Gasteiger partial charge in [-0.1, -0.05) is 142 Å². The van der Waals surface area contributed by atoms with Gasteiger partial charge in [-0.05, 0) is 169 Å². The Morgan fingerprint density at radius 2 is 1.41 bits per heavy atom. The largest absolute Gasteiger partial charge is 0.381 e. The zero-order chi connectivity index (χ0) is 45.5. The molecule has 0 amide bonds. The Bertz CT molecular complexity index is 1280. The van der Waals surface area contributed by atoms with Gasteiger partial charge in [0.25, 0.3) is 0 Å². The van der Waals surface area contributed by atoms with Gasteiger partial charge in [-0.2, -0.15) is 0 Å². The van der Waals surface area contributed by atoms with Crippen LogP contribution in [-0.2, 0) is 18.9 Å². The minimum atomic E-state index is 0.150. The molecule has 0 spiro atoms. The number of likely N-dealkylation sites (tertiary alicyclic amines) is 1. The van der Waals surface area contributed by atoms with Crippen LogP contribution < -0.4 is 0 Å². The van der Waals surface area contributed by atoms with E-state index in [2.05, 4.69) is 71.6 Å². The Morgan fingerprint density at radius 3 is 2.12 bits per heavy atom. The molecular formula is C59H107NO4. The first kappa shape index (κ1) is 54.2. The lowest BCUT2D eigenvalue weighted by atomic mass is 9.47. The van der Waals surface area contributed by atoms with Crippen LogP contribution in [0.15, 0.2) is 23.8 Å². The molecule has 5 rings (SSSR count). The molecule has 0 bridgehead atoms. The number of hydrogen-bond acceptors (Lipinski definition) is 5. The Balaban J connectivity index is 0.882. The monoisotopic (exact) mass is 894 g/mol. The molecule has 0 aromatic rings. The molecule has 3 unspecified atom stereocenters. The molecule has 4 aliphatic carbocycles. The molecular weight excluding hydrogens is 787 g/mol. The van der Waals surface area contributed by atoms with Crippen molar-refractivity contribution in [2.45, 2.75) is 253 Å². The fourth-order valence-corrected chi connectivity index (χ4v) is 14.1. The van der Waals surface area contributed by atoms with Crippen molar-refractivity contribution >= 4 is 0 Å². The molecule has 64 heavy (non-hydrogen) atoms. The summed E-state index contributed by atoms with van der Waals surface area (Å²) >= 11 is 0. The molecule has 0 aromatic heterocycles. The third kappa shape index (κ3) is 17.4. The van der Waals surface area contributed by atoms with Crippen molar-refractivity contribution in [2.24, 2.45) is 46.3 Å². The molecule has 5 aliphatic rings. The smallest absolute Gasteiger partial charge is 0.0935 e. The van der Waals surface area contributed by atoms with Gasteiger partial charge in [0.1, 0.15) is 0 Å². The van der Waals surface area contributed by atoms with E-state index >= 15 is 0 Å². The van der Waals surface area contributed by atoms with E-state index in [4.69, 9.17) is 18.9 Å². The first-order valence-corrected chi connectivity index (χ1v) is 28.6. The minimum Gasteiger partial charge on any atom is -0.381 e. The minimum absolute atomic E-state index is 0.150. The Morgan fingerprint density at radius 1 is 0.703 bits per heavy atom. The second-order valence-corrected chi connectivity index (χ2v) is 23.3. The van der Waals surface area contributed by atoms with Gasteiger partial charge in [0.2, 0.25) is 0 Å². The van der Waals surface area contributed by atoms with Crippen LogP contribution in [-0.4, -0.2) is 75.9 Å². The van der Waals surface area contributed by atoms with E-state index in [1.807, 2.05) is 0 Å². The standard InChI is InChI=1S/C59H107NO4/c1-8-9-10-11-12-13-14-15-16-17-18-19-20-21-22-23-40-62-47-53(46-60-39-25-30-50(60)5)64-44-27-42-61-41-26-43-63-52-35-37-58(6)51(45-52)31-32-54-56-34-33-55(49(4)29-24-28-48(2)3)59(56,7)38-36-57(54)58/h15-16,31,48-50,52-57H,8-14,17-30,32-47H2,1-7H3/t49-,50?,52+,53?,54+,55-,56+,57?,58+,59-/m1/s1. The van der Waals surface area contributed by atoms with Gasteiger partial charge in [-0.15, -0.1) is 0 Å². The number of rotatable bonds is 35. The number of ether oxygens (including phenoxy) is 4. The van der Waals surface area contributed by atoms with Crippen LogP contribution in [0.1, 0.15) is 235 Å². The Labute approximate surface area is 398 Å². The summed E-state index contributed by atoms with van der Waals surface area (Å²) in [6.07, 6.45) is 46.6. The van der Waals surface area contributed by atoms with E-state index in [1.165, 1.54) is 173 Å². The van der Waals surface area contributed by atoms with Crippen LogP contribution in [0.5, 0.6) is 0 Å². The van der Waals surface area contributed by atoms with E-state index in [0.717, 1.165) is 94.3 Å². The SMILES string of the molecule is CCCCCCCCC=CCCCCCCCCOCC(CN1CCCC1C)OCCCOCCCO[C@H]1CC[C@@]2(C)C(=CC[C@@H]3C2CC[C@]2(C)[C@@H]([C@H](C)CCCC(C)C)CC[C@@H]32)C1. The molecule has 0 radical (unpaired) electrons. The van der Waals surface area contributed by atoms with E-state index < -0.39 is 0 Å². The van der Waals surface area contributed by atoms with E-state index in [1.54, 1.807) is 5.57 Å². The molecule has 1 saturated heterocycles. The number of allylic oxidation sites excluding steroid dienone is 3. The molecule has 3 saturated carbocycles. The van der Waals surface area contributed by atoms with E-state index in [0.29, 0.717) is 29.6 Å². The maximum Gasteiger partial charge on any atom is 0.0935 e. The summed E-state index contributed by atoms with van der Waals surface area (Å²) < 4.78 is 25.3. The second kappa shape index (κ2) is 30.0. The summed E-state index contributed by atoms with van der Waals surface area (Å²) in [5, 5.41) is 0. The third-order valence-corrected chi connectivity index (χ3v) is 18.1. The van der Waals surface area contributed by atoms with Crippen molar-refractivity contribution < 1.29 is 18.9 Å². The molecule has 0 aromatic carbocycles. The second-order valence-electron chi connectivity index (χ2n) is 23.3. The summed E-state index contributed by atoms with van der Waals surface area (Å²) in [4.78, 5) is 2.61. The normalized spacial score (nSPS) is 30.5. The van der Waals surface area contributed by atoms with Crippen LogP contribution in [0.3, 0.4) is 0 Å². The maximum absolute atomic E-state index is 6.56. The molecule has 10 atom stereocenters. The third-order valence-electron chi connectivity index (χ3n) is 18.1. The molecule has 4 fully saturated rings. The first-order chi connectivity index (χ1) is 31.2. The van der Waals surface area contributed by atoms with Gasteiger partial charge < -0.3 is 18.9 Å². The van der Waals surface area contributed by atoms with Gasteiger partial charge in [-0.3, -0.25) is 4.90 Å². The van der Waals surface area contributed by atoms with E-state index in [9.17, 15) is 0 Å². The summed E-state index contributed by atoms with van der Waals surface area (Å²) in [6.45, 7) is 24.3. The number of unbranched alkanes of at least 4 members (excludes halogenated alkanes) is 12. The van der Waals surface area contributed by atoms with Crippen LogP contribution in [0.2, 0.25) is 0 Å². The number of nitrogens with zero attached hydrogens (tertiary/aromatic N) is 1. The lowest BCUT2D eigenvalue weighted by molar-refractivity contribution is -0.0651. The molecule has 1 heterocycles. The predicted octanol–water partition coefficient (Wildman–Crippen LogP) is 16.1. The van der Waals surface area contributed by atoms with Crippen molar-refractivity contribution in [3.05, 3.63) is 23.8 Å². The maximum atomic E-state index is 6.56. The number of fused-ring (bicyclic) bond motifs is 5. The summed E-state index contributed by atoms with van der Waals surface area (Å²) in [6, 6.07) is 0.657. The van der Waals surface area contributed by atoms with Crippen molar-refractivity contribution in [1.82, 2.24) is 4.90 Å². The molecule has 5 heteroatoms. The van der Waals surface area contributed by atoms with Gasteiger partial charge >= 0.3 is 0 Å². The van der Waals surface area contributed by atoms with Crippen LogP contribution in [0.4, 0.5) is 0 Å². The predicted molar refractivity (Wildman–Crippen MR) is 273 cm³/mol. The van der Waals surface area contributed by atoms with Gasteiger partial charge in [0.15, 0.2) is 0 Å². The molecule has 5 nitrogen and oxygen atoms in total. The number of hydrogen-bond donors (Lipinski definition) is 0. The molecule has 0 N–H and O–H groups in total. The zero-order valence-electron chi connectivity index (χ0n) is 43.7. The van der Waals surface area contributed by atoms with Gasteiger partial charge in [0.05, 0.1) is 18.8 Å².